The Kier molecular flexibility index (Phi) is 2.75. The molecule has 0 saturated carbocycles. The molecule has 5 heteroatoms. The maximum absolute atomic E-state index is 8.58. The molecule has 1 N–H and O–H groups in total. The van der Waals surface area contributed by atoms with E-state index >= 15 is 0 Å². The smallest absolute Gasteiger partial charge is 0.182 e. The zero-order valence-corrected chi connectivity index (χ0v) is 7.98. The van der Waals surface area contributed by atoms with Crippen LogP contribution in [0.25, 0.3) is 0 Å². The summed E-state index contributed by atoms with van der Waals surface area (Å²) in [4.78, 5) is 0. The third-order valence-corrected chi connectivity index (χ3v) is 2.47. The fourth-order valence-electron chi connectivity index (χ4n) is 1.74. The van der Waals surface area contributed by atoms with Crippen molar-refractivity contribution in [3.05, 3.63) is 11.9 Å². The average Bonchev–Trinajstić information content (AvgIpc) is 2.67. The highest BCUT2D eigenvalue weighted by molar-refractivity contribution is 5.13. The van der Waals surface area contributed by atoms with Crippen molar-refractivity contribution < 1.29 is 0 Å². The Morgan fingerprint density at radius 3 is 3.21 bits per heavy atom. The largest absolute Gasteiger partial charge is 0.312 e. The number of piperidine rings is 1. The highest BCUT2D eigenvalue weighted by atomic mass is 15.4. The maximum atomic E-state index is 8.58. The Balaban J connectivity index is 1.93. The van der Waals surface area contributed by atoms with Gasteiger partial charge in [0.15, 0.2) is 5.69 Å². The Labute approximate surface area is 82.7 Å². The molecule has 1 unspecified atom stereocenters. The van der Waals surface area contributed by atoms with Crippen molar-refractivity contribution in [2.45, 2.75) is 31.8 Å². The monoisotopic (exact) mass is 191 g/mol. The third-order valence-electron chi connectivity index (χ3n) is 2.47. The summed E-state index contributed by atoms with van der Waals surface area (Å²) < 4.78 is 1.74. The van der Waals surface area contributed by atoms with Gasteiger partial charge in [-0.1, -0.05) is 11.6 Å². The van der Waals surface area contributed by atoms with Crippen molar-refractivity contribution >= 4 is 0 Å². The zero-order chi connectivity index (χ0) is 9.80. The van der Waals surface area contributed by atoms with Crippen LogP contribution in [-0.4, -0.2) is 27.6 Å². The standard InChI is InChI=1S/C9H13N5/c10-5-9-7-14(13-12-9)6-8-3-1-2-4-11-8/h7-8,11H,1-4,6H2. The summed E-state index contributed by atoms with van der Waals surface area (Å²) in [7, 11) is 0. The molecule has 1 aromatic rings. The van der Waals surface area contributed by atoms with Gasteiger partial charge in [0.05, 0.1) is 12.7 Å². The molecule has 1 aliphatic heterocycles. The minimum absolute atomic E-state index is 0.390. The molecule has 0 spiro atoms. The Morgan fingerprint density at radius 1 is 1.64 bits per heavy atom. The molecule has 74 valence electrons. The van der Waals surface area contributed by atoms with Crippen LogP contribution in [0, 0.1) is 11.3 Å². The molecule has 2 heterocycles. The highest BCUT2D eigenvalue weighted by Crippen LogP contribution is 2.08. The van der Waals surface area contributed by atoms with Crippen molar-refractivity contribution in [2.75, 3.05) is 6.54 Å². The van der Waals surface area contributed by atoms with E-state index in [0.717, 1.165) is 13.1 Å². The molecule has 14 heavy (non-hydrogen) atoms. The van der Waals surface area contributed by atoms with Crippen LogP contribution in [0.15, 0.2) is 6.20 Å². The van der Waals surface area contributed by atoms with E-state index in [1.807, 2.05) is 6.07 Å². The van der Waals surface area contributed by atoms with Crippen molar-refractivity contribution in [1.82, 2.24) is 20.3 Å². The first-order chi connectivity index (χ1) is 6.88. The molecule has 1 fully saturated rings. The van der Waals surface area contributed by atoms with E-state index in [-0.39, 0.29) is 0 Å². The highest BCUT2D eigenvalue weighted by Gasteiger charge is 2.13. The Morgan fingerprint density at radius 2 is 2.57 bits per heavy atom. The maximum Gasteiger partial charge on any atom is 0.182 e. The van der Waals surface area contributed by atoms with E-state index in [0.29, 0.717) is 11.7 Å². The fourth-order valence-corrected chi connectivity index (χ4v) is 1.74. The van der Waals surface area contributed by atoms with Crippen molar-refractivity contribution in [3.63, 3.8) is 0 Å². The predicted octanol–water partition coefficient (Wildman–Crippen LogP) is 0.292. The second-order valence-corrected chi connectivity index (χ2v) is 3.58. The molecule has 2 rings (SSSR count). The lowest BCUT2D eigenvalue weighted by atomic mass is 10.1. The number of nitrogens with one attached hydrogen (secondary N) is 1. The molecule has 5 nitrogen and oxygen atoms in total. The summed E-state index contributed by atoms with van der Waals surface area (Å²) in [6.45, 7) is 1.90. The van der Waals surface area contributed by atoms with Crippen molar-refractivity contribution in [2.24, 2.45) is 0 Å². The van der Waals surface area contributed by atoms with Crippen LogP contribution in [-0.2, 0) is 6.54 Å². The molecular formula is C9H13N5. The Hall–Kier alpha value is -1.41. The van der Waals surface area contributed by atoms with Crippen LogP contribution >= 0.6 is 0 Å². The van der Waals surface area contributed by atoms with Gasteiger partial charge in [-0.3, -0.25) is 0 Å². The number of hydrogen-bond acceptors (Lipinski definition) is 4. The Bertz CT molecular complexity index is 331. The van der Waals surface area contributed by atoms with Crippen LogP contribution in [0.5, 0.6) is 0 Å². The van der Waals surface area contributed by atoms with E-state index in [9.17, 15) is 0 Å². The van der Waals surface area contributed by atoms with Crippen LogP contribution in [0.2, 0.25) is 0 Å². The van der Waals surface area contributed by atoms with E-state index in [1.54, 1.807) is 10.9 Å². The van der Waals surface area contributed by atoms with Crippen LogP contribution in [0.1, 0.15) is 25.0 Å². The van der Waals surface area contributed by atoms with Gasteiger partial charge in [-0.25, -0.2) is 4.68 Å². The van der Waals surface area contributed by atoms with E-state index in [4.69, 9.17) is 5.26 Å². The third kappa shape index (κ3) is 2.09. The normalized spacial score (nSPS) is 21.8. The van der Waals surface area contributed by atoms with Gasteiger partial charge in [0.1, 0.15) is 6.07 Å². The van der Waals surface area contributed by atoms with E-state index < -0.39 is 0 Å². The average molecular weight is 191 g/mol. The molecule has 1 atom stereocenters. The van der Waals surface area contributed by atoms with E-state index in [1.165, 1.54) is 19.3 Å². The number of nitrogens with zero attached hydrogens (tertiary/aromatic N) is 4. The quantitative estimate of drug-likeness (QED) is 0.729. The van der Waals surface area contributed by atoms with Gasteiger partial charge in [0, 0.05) is 6.04 Å². The number of nitriles is 1. The number of rotatable bonds is 2. The summed E-state index contributed by atoms with van der Waals surface area (Å²) >= 11 is 0. The van der Waals surface area contributed by atoms with Gasteiger partial charge in [0.25, 0.3) is 0 Å². The molecule has 0 radical (unpaired) electrons. The first kappa shape index (κ1) is 9.16. The SMILES string of the molecule is N#Cc1cn(CC2CCCCN2)nn1. The second kappa shape index (κ2) is 4.20. The van der Waals surface area contributed by atoms with Crippen LogP contribution < -0.4 is 5.32 Å². The predicted molar refractivity (Wildman–Crippen MR) is 50.4 cm³/mol. The first-order valence-electron chi connectivity index (χ1n) is 4.92. The summed E-state index contributed by atoms with van der Waals surface area (Å²) in [5, 5.41) is 19.6. The van der Waals surface area contributed by atoms with Gasteiger partial charge in [-0.2, -0.15) is 5.26 Å². The first-order valence-corrected chi connectivity index (χ1v) is 4.92. The van der Waals surface area contributed by atoms with Gasteiger partial charge >= 0.3 is 0 Å². The van der Waals surface area contributed by atoms with Gasteiger partial charge < -0.3 is 5.32 Å². The summed E-state index contributed by atoms with van der Waals surface area (Å²) in [5.41, 5.74) is 0.390. The lowest BCUT2D eigenvalue weighted by molar-refractivity contribution is 0.348. The van der Waals surface area contributed by atoms with Gasteiger partial charge in [0.2, 0.25) is 0 Å². The number of hydrogen-bond donors (Lipinski definition) is 1. The second-order valence-electron chi connectivity index (χ2n) is 3.58. The zero-order valence-electron chi connectivity index (χ0n) is 7.98. The molecule has 1 aliphatic rings. The van der Waals surface area contributed by atoms with Crippen molar-refractivity contribution in [3.8, 4) is 6.07 Å². The van der Waals surface area contributed by atoms with Gasteiger partial charge in [-0.05, 0) is 19.4 Å². The number of aromatic nitrogens is 3. The lowest BCUT2D eigenvalue weighted by Crippen LogP contribution is -2.37. The molecule has 0 amide bonds. The minimum Gasteiger partial charge on any atom is -0.312 e. The van der Waals surface area contributed by atoms with Crippen molar-refractivity contribution in [1.29, 1.82) is 5.26 Å². The molecule has 1 aromatic heterocycles. The summed E-state index contributed by atoms with van der Waals surface area (Å²) in [5.74, 6) is 0. The van der Waals surface area contributed by atoms with Gasteiger partial charge in [-0.15, -0.1) is 5.10 Å². The van der Waals surface area contributed by atoms with E-state index in [2.05, 4.69) is 15.6 Å². The fraction of sp³-hybridized carbons (Fsp3) is 0.667. The molecule has 0 aromatic carbocycles. The van der Waals surface area contributed by atoms with Crippen LogP contribution in [0.4, 0.5) is 0 Å². The lowest BCUT2D eigenvalue weighted by Gasteiger charge is -2.22. The summed E-state index contributed by atoms with van der Waals surface area (Å²) in [6, 6.07) is 2.45. The molecule has 1 saturated heterocycles. The van der Waals surface area contributed by atoms with Crippen LogP contribution in [0.3, 0.4) is 0 Å². The summed E-state index contributed by atoms with van der Waals surface area (Å²) in [6.07, 6.45) is 5.41. The molecule has 0 aliphatic carbocycles. The molecular weight excluding hydrogens is 178 g/mol. The minimum atomic E-state index is 0.390. The molecule has 0 bridgehead atoms. The topological polar surface area (TPSA) is 66.5 Å².